The second kappa shape index (κ2) is 9.73. The topological polar surface area (TPSA) is 90.3 Å². The zero-order valence-electron chi connectivity index (χ0n) is 18.2. The molecule has 1 aliphatic rings. The van der Waals surface area contributed by atoms with Gasteiger partial charge in [-0.1, -0.05) is 32.0 Å². The molecule has 2 amide bonds. The van der Waals surface area contributed by atoms with Crippen LogP contribution in [0.15, 0.2) is 42.5 Å². The zero-order chi connectivity index (χ0) is 22.5. The summed E-state index contributed by atoms with van der Waals surface area (Å²) in [4.78, 5) is 29.2. The van der Waals surface area contributed by atoms with Crippen LogP contribution in [-0.4, -0.2) is 64.1 Å². The largest absolute Gasteiger partial charge is 0.508 e. The normalized spacial score (nSPS) is 15.5. The maximum Gasteiger partial charge on any atom is 0.263 e. The molecule has 1 heterocycles. The number of nitrogens with zero attached hydrogens (tertiary/aromatic N) is 2. The molecule has 0 aliphatic carbocycles. The van der Waals surface area contributed by atoms with Crippen LogP contribution < -0.4 is 4.74 Å². The molecule has 1 aliphatic heterocycles. The number of phenols is 2. The minimum atomic E-state index is -0.634. The molecule has 1 atom stereocenters. The molecule has 1 saturated heterocycles. The van der Waals surface area contributed by atoms with E-state index >= 15 is 0 Å². The first-order chi connectivity index (χ1) is 14.8. The number of rotatable bonds is 5. The van der Waals surface area contributed by atoms with Gasteiger partial charge in [-0.3, -0.25) is 9.59 Å². The van der Waals surface area contributed by atoms with Crippen molar-refractivity contribution in [3.8, 4) is 17.2 Å². The summed E-state index contributed by atoms with van der Waals surface area (Å²) in [6.07, 6.45) is 0.00238. The number of carbonyl (C=O) groups excluding carboxylic acids is 2. The molecular formula is C24H30N2O5. The lowest BCUT2D eigenvalue weighted by molar-refractivity contribution is -0.137. The molecule has 7 nitrogen and oxygen atoms in total. The molecule has 1 fully saturated rings. The van der Waals surface area contributed by atoms with Crippen LogP contribution >= 0.6 is 0 Å². The number of ether oxygens (including phenoxy) is 1. The molecule has 0 saturated carbocycles. The van der Waals surface area contributed by atoms with Crippen LogP contribution in [0.4, 0.5) is 0 Å². The van der Waals surface area contributed by atoms with Gasteiger partial charge in [-0.2, -0.15) is 0 Å². The molecule has 0 bridgehead atoms. The van der Waals surface area contributed by atoms with Gasteiger partial charge in [0.1, 0.15) is 17.2 Å². The molecule has 0 aromatic heterocycles. The average Bonchev–Trinajstić information content (AvgIpc) is 2.98. The number of amides is 2. The summed E-state index contributed by atoms with van der Waals surface area (Å²) in [5, 5.41) is 19.3. The third-order valence-electron chi connectivity index (χ3n) is 5.44. The highest BCUT2D eigenvalue weighted by Crippen LogP contribution is 2.27. The van der Waals surface area contributed by atoms with Crippen molar-refractivity contribution in [2.75, 3.05) is 26.2 Å². The first kappa shape index (κ1) is 22.5. The molecule has 166 valence electrons. The van der Waals surface area contributed by atoms with E-state index in [-0.39, 0.29) is 34.8 Å². The molecule has 2 N–H and O–H groups in total. The van der Waals surface area contributed by atoms with E-state index in [9.17, 15) is 19.8 Å². The third kappa shape index (κ3) is 5.48. The summed E-state index contributed by atoms with van der Waals surface area (Å²) in [5.41, 5.74) is 1.28. The van der Waals surface area contributed by atoms with Gasteiger partial charge in [-0.15, -0.1) is 0 Å². The van der Waals surface area contributed by atoms with E-state index in [1.165, 1.54) is 18.2 Å². The van der Waals surface area contributed by atoms with Gasteiger partial charge in [0.2, 0.25) is 0 Å². The van der Waals surface area contributed by atoms with Gasteiger partial charge in [-0.05, 0) is 43.0 Å². The zero-order valence-corrected chi connectivity index (χ0v) is 18.2. The molecule has 1 unspecified atom stereocenters. The van der Waals surface area contributed by atoms with Crippen molar-refractivity contribution in [2.24, 2.45) is 0 Å². The van der Waals surface area contributed by atoms with E-state index in [0.717, 1.165) is 5.56 Å². The van der Waals surface area contributed by atoms with Crippen LogP contribution in [0.5, 0.6) is 17.2 Å². The van der Waals surface area contributed by atoms with Crippen molar-refractivity contribution in [3.63, 3.8) is 0 Å². The molecule has 3 rings (SSSR count). The van der Waals surface area contributed by atoms with Gasteiger partial charge in [0.15, 0.2) is 6.10 Å². The molecular weight excluding hydrogens is 396 g/mol. The highest BCUT2D eigenvalue weighted by Gasteiger charge is 2.27. The van der Waals surface area contributed by atoms with Crippen LogP contribution in [0.25, 0.3) is 0 Å². The summed E-state index contributed by atoms with van der Waals surface area (Å²) in [5.74, 6) is 0.283. The Balaban J connectivity index is 1.63. The monoisotopic (exact) mass is 426 g/mol. The van der Waals surface area contributed by atoms with Crippen LogP contribution in [0.1, 0.15) is 49.0 Å². The SMILES string of the molecule is CC(Oc1ccccc1C(C)C)C(=O)N1CCCN(C(=O)c2cc(O)cc(O)c2)CC1. The highest BCUT2D eigenvalue weighted by molar-refractivity contribution is 5.95. The fourth-order valence-electron chi connectivity index (χ4n) is 3.80. The van der Waals surface area contributed by atoms with Crippen LogP contribution in [0.2, 0.25) is 0 Å². The maximum absolute atomic E-state index is 13.0. The molecule has 2 aromatic carbocycles. The highest BCUT2D eigenvalue weighted by atomic mass is 16.5. The predicted molar refractivity (Wildman–Crippen MR) is 117 cm³/mol. The van der Waals surface area contributed by atoms with Gasteiger partial charge >= 0.3 is 0 Å². The number of phenolic OH excluding ortho intramolecular Hbond substituents is 2. The Hall–Kier alpha value is -3.22. The first-order valence-electron chi connectivity index (χ1n) is 10.6. The number of para-hydroxylation sites is 1. The number of hydrogen-bond donors (Lipinski definition) is 2. The standard InChI is InChI=1S/C24H30N2O5/c1-16(2)21-7-4-5-8-22(21)31-17(3)23(29)25-9-6-10-26(12-11-25)24(30)18-13-19(27)15-20(28)14-18/h4-5,7-8,13-17,27-28H,6,9-12H2,1-3H3. The Labute approximate surface area is 182 Å². The van der Waals surface area contributed by atoms with Crippen molar-refractivity contribution >= 4 is 11.8 Å². The average molecular weight is 427 g/mol. The molecule has 7 heteroatoms. The number of benzene rings is 2. The number of carbonyl (C=O) groups is 2. The van der Waals surface area contributed by atoms with Crippen LogP contribution in [0.3, 0.4) is 0 Å². The van der Waals surface area contributed by atoms with E-state index in [0.29, 0.717) is 38.3 Å². The van der Waals surface area contributed by atoms with Gasteiger partial charge in [0, 0.05) is 37.8 Å². The van der Waals surface area contributed by atoms with Gasteiger partial charge in [0.25, 0.3) is 11.8 Å². The van der Waals surface area contributed by atoms with Crippen LogP contribution in [0, 0.1) is 0 Å². The Kier molecular flexibility index (Phi) is 7.05. The third-order valence-corrected chi connectivity index (χ3v) is 5.44. The van der Waals surface area contributed by atoms with Gasteiger partial charge < -0.3 is 24.7 Å². The Morgan fingerprint density at radius 2 is 1.52 bits per heavy atom. The summed E-state index contributed by atoms with van der Waals surface area (Å²) in [6.45, 7) is 7.72. The maximum atomic E-state index is 13.0. The van der Waals surface area contributed by atoms with Crippen molar-refractivity contribution in [1.29, 1.82) is 0 Å². The summed E-state index contributed by atoms with van der Waals surface area (Å²) >= 11 is 0. The molecule has 31 heavy (non-hydrogen) atoms. The molecule has 2 aromatic rings. The minimum Gasteiger partial charge on any atom is -0.508 e. The lowest BCUT2D eigenvalue weighted by Crippen LogP contribution is -2.43. The van der Waals surface area contributed by atoms with E-state index < -0.39 is 6.10 Å². The lowest BCUT2D eigenvalue weighted by atomic mass is 10.0. The van der Waals surface area contributed by atoms with Crippen LogP contribution in [-0.2, 0) is 4.79 Å². The van der Waals surface area contributed by atoms with Crippen molar-refractivity contribution < 1.29 is 24.5 Å². The van der Waals surface area contributed by atoms with E-state index in [4.69, 9.17) is 4.74 Å². The summed E-state index contributed by atoms with van der Waals surface area (Å²) in [6, 6.07) is 11.6. The molecule has 0 spiro atoms. The molecule has 0 radical (unpaired) electrons. The van der Waals surface area contributed by atoms with Crippen molar-refractivity contribution in [1.82, 2.24) is 9.80 Å². The van der Waals surface area contributed by atoms with E-state index in [1.54, 1.807) is 16.7 Å². The quantitative estimate of drug-likeness (QED) is 0.765. The van der Waals surface area contributed by atoms with E-state index in [1.807, 2.05) is 24.3 Å². The fourth-order valence-corrected chi connectivity index (χ4v) is 3.80. The Bertz CT molecular complexity index is 923. The fraction of sp³-hybridized carbons (Fsp3) is 0.417. The Morgan fingerprint density at radius 1 is 0.903 bits per heavy atom. The van der Waals surface area contributed by atoms with E-state index in [2.05, 4.69) is 13.8 Å². The van der Waals surface area contributed by atoms with Gasteiger partial charge in [-0.25, -0.2) is 0 Å². The number of hydrogen-bond acceptors (Lipinski definition) is 5. The smallest absolute Gasteiger partial charge is 0.263 e. The Morgan fingerprint density at radius 3 is 2.19 bits per heavy atom. The summed E-state index contributed by atoms with van der Waals surface area (Å²) < 4.78 is 6.01. The van der Waals surface area contributed by atoms with Crippen molar-refractivity contribution in [2.45, 2.75) is 39.2 Å². The lowest BCUT2D eigenvalue weighted by Gasteiger charge is -2.26. The second-order valence-electron chi connectivity index (χ2n) is 8.16. The first-order valence-corrected chi connectivity index (χ1v) is 10.6. The summed E-state index contributed by atoms with van der Waals surface area (Å²) in [7, 11) is 0. The minimum absolute atomic E-state index is 0.108. The van der Waals surface area contributed by atoms with Crippen molar-refractivity contribution in [3.05, 3.63) is 53.6 Å². The second-order valence-corrected chi connectivity index (χ2v) is 8.16. The van der Waals surface area contributed by atoms with Gasteiger partial charge in [0.05, 0.1) is 0 Å². The predicted octanol–water partition coefficient (Wildman–Crippen LogP) is 3.36. The number of aromatic hydroxyl groups is 2.